The van der Waals surface area contributed by atoms with E-state index in [-0.39, 0.29) is 17.9 Å². The van der Waals surface area contributed by atoms with Gasteiger partial charge in [0.05, 0.1) is 6.04 Å². The number of piperidine rings is 1. The molecule has 1 fully saturated rings. The lowest BCUT2D eigenvalue weighted by Crippen LogP contribution is -2.49. The van der Waals surface area contributed by atoms with E-state index in [2.05, 4.69) is 12.2 Å². The van der Waals surface area contributed by atoms with Crippen molar-refractivity contribution in [3.8, 4) is 0 Å². The number of nitrogens with zero attached hydrogens (tertiary/aromatic N) is 1. The molecule has 0 saturated carbocycles. The van der Waals surface area contributed by atoms with Crippen LogP contribution in [-0.4, -0.2) is 35.8 Å². The summed E-state index contributed by atoms with van der Waals surface area (Å²) in [6.07, 6.45) is 2.25. The fraction of sp³-hybridized carbons (Fsp3) is 0.818. The van der Waals surface area contributed by atoms with Gasteiger partial charge in [0.2, 0.25) is 0 Å². The summed E-state index contributed by atoms with van der Waals surface area (Å²) in [5.74, 6) is 0.561. The zero-order chi connectivity index (χ0) is 11.4. The standard InChI is InChI=1S/C11H20N2O2/c1-8-5-4-6-13(7-8)11(15)12-9(2)10(3)14/h8-9H,4-7H2,1-3H3,(H,12,15). The van der Waals surface area contributed by atoms with Crippen molar-refractivity contribution in [1.29, 1.82) is 0 Å². The minimum absolute atomic E-state index is 0.00610. The number of likely N-dealkylation sites (tertiary alicyclic amines) is 1. The molecule has 1 aliphatic heterocycles. The zero-order valence-corrected chi connectivity index (χ0v) is 9.75. The molecule has 0 spiro atoms. The molecule has 86 valence electrons. The molecule has 1 N–H and O–H groups in total. The van der Waals surface area contributed by atoms with Crippen LogP contribution in [0, 0.1) is 5.92 Å². The second-order valence-electron chi connectivity index (χ2n) is 4.48. The molecule has 2 amide bonds. The van der Waals surface area contributed by atoms with Crippen molar-refractivity contribution >= 4 is 11.8 Å². The number of hydrogen-bond donors (Lipinski definition) is 1. The van der Waals surface area contributed by atoms with Crippen LogP contribution in [0.4, 0.5) is 4.79 Å². The first kappa shape index (κ1) is 12.0. The molecule has 1 heterocycles. The lowest BCUT2D eigenvalue weighted by molar-refractivity contribution is -0.118. The van der Waals surface area contributed by atoms with Crippen LogP contribution in [-0.2, 0) is 4.79 Å². The lowest BCUT2D eigenvalue weighted by atomic mass is 10.0. The molecule has 0 aromatic rings. The Kier molecular flexibility index (Phi) is 4.12. The molecule has 2 unspecified atom stereocenters. The van der Waals surface area contributed by atoms with E-state index in [9.17, 15) is 9.59 Å². The second kappa shape index (κ2) is 5.14. The summed E-state index contributed by atoms with van der Waals surface area (Å²) < 4.78 is 0. The van der Waals surface area contributed by atoms with E-state index >= 15 is 0 Å². The third-order valence-electron chi connectivity index (χ3n) is 2.89. The van der Waals surface area contributed by atoms with E-state index in [1.807, 2.05) is 0 Å². The van der Waals surface area contributed by atoms with Gasteiger partial charge >= 0.3 is 6.03 Å². The van der Waals surface area contributed by atoms with Crippen molar-refractivity contribution in [2.75, 3.05) is 13.1 Å². The maximum Gasteiger partial charge on any atom is 0.317 e. The number of rotatable bonds is 2. The van der Waals surface area contributed by atoms with Gasteiger partial charge in [-0.25, -0.2) is 4.79 Å². The largest absolute Gasteiger partial charge is 0.328 e. The second-order valence-corrected chi connectivity index (χ2v) is 4.48. The minimum atomic E-state index is -0.380. The predicted molar refractivity (Wildman–Crippen MR) is 58.6 cm³/mol. The molecular weight excluding hydrogens is 192 g/mol. The van der Waals surface area contributed by atoms with Crippen molar-refractivity contribution in [1.82, 2.24) is 10.2 Å². The van der Waals surface area contributed by atoms with Gasteiger partial charge < -0.3 is 10.2 Å². The van der Waals surface area contributed by atoms with Crippen LogP contribution in [0.2, 0.25) is 0 Å². The van der Waals surface area contributed by atoms with Gasteiger partial charge in [-0.3, -0.25) is 4.79 Å². The monoisotopic (exact) mass is 212 g/mol. The quantitative estimate of drug-likeness (QED) is 0.752. The summed E-state index contributed by atoms with van der Waals surface area (Å²) in [6.45, 7) is 6.96. The molecule has 0 aromatic carbocycles. The van der Waals surface area contributed by atoms with Gasteiger partial charge in [0.15, 0.2) is 5.78 Å². The molecule has 1 saturated heterocycles. The Hall–Kier alpha value is -1.06. The molecule has 1 aliphatic rings. The molecule has 4 nitrogen and oxygen atoms in total. The van der Waals surface area contributed by atoms with Gasteiger partial charge in [-0.15, -0.1) is 0 Å². The van der Waals surface area contributed by atoms with Crippen molar-refractivity contribution in [2.24, 2.45) is 5.92 Å². The van der Waals surface area contributed by atoms with Crippen LogP contribution in [0.1, 0.15) is 33.6 Å². The van der Waals surface area contributed by atoms with E-state index in [1.165, 1.54) is 13.3 Å². The lowest BCUT2D eigenvalue weighted by Gasteiger charge is -2.31. The maximum absolute atomic E-state index is 11.7. The maximum atomic E-state index is 11.7. The Balaban J connectivity index is 2.42. The van der Waals surface area contributed by atoms with Crippen molar-refractivity contribution < 1.29 is 9.59 Å². The number of carbonyl (C=O) groups is 2. The first-order valence-electron chi connectivity index (χ1n) is 5.56. The highest BCUT2D eigenvalue weighted by Gasteiger charge is 2.22. The molecule has 0 radical (unpaired) electrons. The number of hydrogen-bond acceptors (Lipinski definition) is 2. The topological polar surface area (TPSA) is 49.4 Å². The summed E-state index contributed by atoms with van der Waals surface area (Å²) in [4.78, 5) is 24.5. The summed E-state index contributed by atoms with van der Waals surface area (Å²) >= 11 is 0. The Morgan fingerprint density at radius 2 is 2.13 bits per heavy atom. The number of nitrogens with one attached hydrogen (secondary N) is 1. The van der Waals surface area contributed by atoms with Crippen LogP contribution >= 0.6 is 0 Å². The van der Waals surface area contributed by atoms with Crippen molar-refractivity contribution in [3.05, 3.63) is 0 Å². The van der Waals surface area contributed by atoms with E-state index in [1.54, 1.807) is 11.8 Å². The number of Topliss-reactive ketones (excluding diaryl/α,β-unsaturated/α-hetero) is 1. The molecule has 4 heteroatoms. The molecule has 0 bridgehead atoms. The van der Waals surface area contributed by atoms with E-state index in [0.717, 1.165) is 19.5 Å². The highest BCUT2D eigenvalue weighted by Crippen LogP contribution is 2.15. The molecule has 0 aromatic heterocycles. The smallest absolute Gasteiger partial charge is 0.317 e. The average molecular weight is 212 g/mol. The summed E-state index contributed by atoms with van der Waals surface area (Å²) in [5.41, 5.74) is 0. The van der Waals surface area contributed by atoms with E-state index < -0.39 is 0 Å². The number of carbonyl (C=O) groups excluding carboxylic acids is 2. The molecule has 2 atom stereocenters. The highest BCUT2D eigenvalue weighted by molar-refractivity contribution is 5.86. The van der Waals surface area contributed by atoms with E-state index in [4.69, 9.17) is 0 Å². The van der Waals surface area contributed by atoms with E-state index in [0.29, 0.717) is 5.92 Å². The van der Waals surface area contributed by atoms with Gasteiger partial charge in [0.1, 0.15) is 0 Å². The van der Waals surface area contributed by atoms with Crippen LogP contribution in [0.3, 0.4) is 0 Å². The van der Waals surface area contributed by atoms with Crippen LogP contribution in [0.5, 0.6) is 0 Å². The number of ketones is 1. The highest BCUT2D eigenvalue weighted by atomic mass is 16.2. The molecule has 0 aliphatic carbocycles. The van der Waals surface area contributed by atoms with Crippen molar-refractivity contribution in [3.63, 3.8) is 0 Å². The van der Waals surface area contributed by atoms with Crippen LogP contribution < -0.4 is 5.32 Å². The first-order chi connectivity index (χ1) is 7.00. The summed E-state index contributed by atoms with van der Waals surface area (Å²) in [5, 5.41) is 2.71. The van der Waals surface area contributed by atoms with Gasteiger partial charge in [-0.2, -0.15) is 0 Å². The zero-order valence-electron chi connectivity index (χ0n) is 9.75. The SMILES string of the molecule is CC(=O)C(C)NC(=O)N1CCCC(C)C1. The van der Waals surface area contributed by atoms with Gasteiger partial charge in [0.25, 0.3) is 0 Å². The van der Waals surface area contributed by atoms with Gasteiger partial charge in [-0.1, -0.05) is 6.92 Å². The molecular formula is C11H20N2O2. The molecule has 1 rings (SSSR count). The fourth-order valence-corrected chi connectivity index (χ4v) is 1.75. The summed E-state index contributed by atoms with van der Waals surface area (Å²) in [6, 6.07) is -0.487. The fourth-order valence-electron chi connectivity index (χ4n) is 1.75. The first-order valence-corrected chi connectivity index (χ1v) is 5.56. The van der Waals surface area contributed by atoms with Crippen LogP contribution in [0.25, 0.3) is 0 Å². The minimum Gasteiger partial charge on any atom is -0.328 e. The van der Waals surface area contributed by atoms with Crippen LogP contribution in [0.15, 0.2) is 0 Å². The molecule has 15 heavy (non-hydrogen) atoms. The number of amides is 2. The Morgan fingerprint density at radius 3 is 2.67 bits per heavy atom. The summed E-state index contributed by atoms with van der Waals surface area (Å²) in [7, 11) is 0. The van der Waals surface area contributed by atoms with Gasteiger partial charge in [0, 0.05) is 13.1 Å². The Bertz CT molecular complexity index is 253. The van der Waals surface area contributed by atoms with Crippen molar-refractivity contribution in [2.45, 2.75) is 39.7 Å². The average Bonchev–Trinajstić information content (AvgIpc) is 2.17. The third kappa shape index (κ3) is 3.53. The predicted octanol–water partition coefficient (Wildman–Crippen LogP) is 1.41. The van der Waals surface area contributed by atoms with Gasteiger partial charge in [-0.05, 0) is 32.6 Å². The normalized spacial score (nSPS) is 23.4. The Morgan fingerprint density at radius 1 is 1.47 bits per heavy atom. The number of urea groups is 1. The third-order valence-corrected chi connectivity index (χ3v) is 2.89. The Labute approximate surface area is 91.0 Å².